The Morgan fingerprint density at radius 3 is 2.46 bits per heavy atom. The van der Waals surface area contributed by atoms with Crippen LogP contribution >= 0.6 is 0 Å². The molecular weight excluding hydrogens is 354 g/mol. The van der Waals surface area contributed by atoms with Crippen LogP contribution in [0.2, 0.25) is 0 Å². The van der Waals surface area contributed by atoms with Crippen LogP contribution in [0.5, 0.6) is 0 Å². The molecule has 6 nitrogen and oxygen atoms in total. The van der Waals surface area contributed by atoms with E-state index in [4.69, 9.17) is 4.74 Å². The molecule has 0 atom stereocenters. The SMILES string of the molecule is CCc1cccc(C)c1NC(=O)CC(=O)Nc1ccccc1N1CCOCC1. The van der Waals surface area contributed by atoms with E-state index in [9.17, 15) is 9.59 Å². The molecule has 0 radical (unpaired) electrons. The first-order valence-electron chi connectivity index (χ1n) is 9.68. The first-order valence-corrected chi connectivity index (χ1v) is 9.68. The van der Waals surface area contributed by atoms with Gasteiger partial charge in [0.2, 0.25) is 11.8 Å². The van der Waals surface area contributed by atoms with Gasteiger partial charge in [-0.25, -0.2) is 0 Å². The van der Waals surface area contributed by atoms with Crippen molar-refractivity contribution in [2.75, 3.05) is 41.8 Å². The molecule has 6 heteroatoms. The summed E-state index contributed by atoms with van der Waals surface area (Å²) in [4.78, 5) is 27.1. The van der Waals surface area contributed by atoms with Crippen molar-refractivity contribution >= 4 is 28.9 Å². The van der Waals surface area contributed by atoms with Crippen molar-refractivity contribution in [1.82, 2.24) is 0 Å². The van der Waals surface area contributed by atoms with Gasteiger partial charge in [-0.05, 0) is 36.6 Å². The molecule has 0 aromatic heterocycles. The van der Waals surface area contributed by atoms with E-state index in [1.807, 2.05) is 56.3 Å². The Kier molecular flexibility index (Phi) is 6.66. The molecule has 28 heavy (non-hydrogen) atoms. The lowest BCUT2D eigenvalue weighted by molar-refractivity contribution is -0.123. The van der Waals surface area contributed by atoms with Gasteiger partial charge >= 0.3 is 0 Å². The van der Waals surface area contributed by atoms with E-state index in [2.05, 4.69) is 15.5 Å². The number of benzene rings is 2. The maximum atomic E-state index is 12.5. The van der Waals surface area contributed by atoms with Gasteiger partial charge in [0, 0.05) is 18.8 Å². The molecular formula is C22H27N3O3. The lowest BCUT2D eigenvalue weighted by atomic mass is 10.1. The Labute approximate surface area is 165 Å². The summed E-state index contributed by atoms with van der Waals surface area (Å²) in [5.41, 5.74) is 4.52. The van der Waals surface area contributed by atoms with Crippen molar-refractivity contribution in [2.24, 2.45) is 0 Å². The summed E-state index contributed by atoms with van der Waals surface area (Å²) < 4.78 is 5.40. The fourth-order valence-corrected chi connectivity index (χ4v) is 3.39. The quantitative estimate of drug-likeness (QED) is 0.753. The number of nitrogens with zero attached hydrogens (tertiary/aromatic N) is 1. The second-order valence-electron chi connectivity index (χ2n) is 6.85. The molecule has 0 unspecified atom stereocenters. The average molecular weight is 381 g/mol. The van der Waals surface area contributed by atoms with E-state index in [1.54, 1.807) is 0 Å². The van der Waals surface area contributed by atoms with Crippen LogP contribution in [0, 0.1) is 6.92 Å². The van der Waals surface area contributed by atoms with Crippen LogP contribution in [0.3, 0.4) is 0 Å². The summed E-state index contributed by atoms with van der Waals surface area (Å²) in [6, 6.07) is 13.6. The minimum Gasteiger partial charge on any atom is -0.378 e. The number of nitrogens with one attached hydrogen (secondary N) is 2. The summed E-state index contributed by atoms with van der Waals surface area (Å²) in [5, 5.41) is 5.78. The molecule has 1 saturated heterocycles. The molecule has 0 bridgehead atoms. The number of morpholine rings is 1. The number of carbonyl (C=O) groups excluding carboxylic acids is 2. The van der Waals surface area contributed by atoms with Crippen molar-refractivity contribution in [1.29, 1.82) is 0 Å². The number of ether oxygens (including phenoxy) is 1. The third kappa shape index (κ3) is 4.89. The second kappa shape index (κ2) is 9.37. The van der Waals surface area contributed by atoms with Crippen LogP contribution < -0.4 is 15.5 Å². The van der Waals surface area contributed by atoms with Crippen LogP contribution in [0.1, 0.15) is 24.5 Å². The molecule has 1 aliphatic rings. The predicted molar refractivity (Wildman–Crippen MR) is 112 cm³/mol. The van der Waals surface area contributed by atoms with E-state index < -0.39 is 0 Å². The molecule has 0 spiro atoms. The van der Waals surface area contributed by atoms with Crippen LogP contribution in [0.25, 0.3) is 0 Å². The normalized spacial score (nSPS) is 13.9. The molecule has 2 aromatic rings. The van der Waals surface area contributed by atoms with Crippen molar-refractivity contribution in [3.05, 3.63) is 53.6 Å². The van der Waals surface area contributed by atoms with Gasteiger partial charge in [0.25, 0.3) is 0 Å². The van der Waals surface area contributed by atoms with E-state index in [0.29, 0.717) is 18.9 Å². The zero-order valence-corrected chi connectivity index (χ0v) is 16.5. The van der Waals surface area contributed by atoms with Crippen LogP contribution in [-0.4, -0.2) is 38.1 Å². The highest BCUT2D eigenvalue weighted by molar-refractivity contribution is 6.09. The molecule has 1 heterocycles. The largest absolute Gasteiger partial charge is 0.378 e. The molecule has 1 aliphatic heterocycles. The lowest BCUT2D eigenvalue weighted by Crippen LogP contribution is -2.36. The van der Waals surface area contributed by atoms with Crippen LogP contribution in [-0.2, 0) is 20.7 Å². The topological polar surface area (TPSA) is 70.7 Å². The first-order chi connectivity index (χ1) is 13.6. The summed E-state index contributed by atoms with van der Waals surface area (Å²) >= 11 is 0. The third-order valence-corrected chi connectivity index (χ3v) is 4.86. The number of hydrogen-bond donors (Lipinski definition) is 2. The Morgan fingerprint density at radius 2 is 1.71 bits per heavy atom. The molecule has 1 fully saturated rings. The predicted octanol–water partition coefficient (Wildman–Crippen LogP) is 3.36. The minimum atomic E-state index is -0.329. The summed E-state index contributed by atoms with van der Waals surface area (Å²) in [6.07, 6.45) is 0.589. The molecule has 148 valence electrons. The van der Waals surface area contributed by atoms with Gasteiger partial charge in [0.15, 0.2) is 0 Å². The van der Waals surface area contributed by atoms with Gasteiger partial charge in [-0.2, -0.15) is 0 Å². The van der Waals surface area contributed by atoms with E-state index in [1.165, 1.54) is 0 Å². The number of rotatable bonds is 6. The Morgan fingerprint density at radius 1 is 1.00 bits per heavy atom. The fourth-order valence-electron chi connectivity index (χ4n) is 3.39. The summed E-state index contributed by atoms with van der Waals surface area (Å²) in [5.74, 6) is -0.643. The maximum absolute atomic E-state index is 12.5. The fraction of sp³-hybridized carbons (Fsp3) is 0.364. The summed E-state index contributed by atoms with van der Waals surface area (Å²) in [7, 11) is 0. The molecule has 2 aromatic carbocycles. The minimum absolute atomic E-state index is 0.227. The van der Waals surface area contributed by atoms with Gasteiger partial charge in [0.1, 0.15) is 6.42 Å². The number of anilines is 3. The van der Waals surface area contributed by atoms with Crippen molar-refractivity contribution in [3.8, 4) is 0 Å². The van der Waals surface area contributed by atoms with Gasteiger partial charge in [-0.3, -0.25) is 9.59 Å². The number of aryl methyl sites for hydroxylation is 2. The first kappa shape index (κ1) is 19.9. The Hall–Kier alpha value is -2.86. The monoisotopic (exact) mass is 381 g/mol. The van der Waals surface area contributed by atoms with E-state index in [0.717, 1.165) is 42.0 Å². The van der Waals surface area contributed by atoms with Gasteiger partial charge in [-0.1, -0.05) is 37.3 Å². The van der Waals surface area contributed by atoms with Crippen molar-refractivity contribution in [3.63, 3.8) is 0 Å². The van der Waals surface area contributed by atoms with Gasteiger partial charge < -0.3 is 20.3 Å². The van der Waals surface area contributed by atoms with Gasteiger partial charge in [-0.15, -0.1) is 0 Å². The number of carbonyl (C=O) groups is 2. The second-order valence-corrected chi connectivity index (χ2v) is 6.85. The maximum Gasteiger partial charge on any atom is 0.233 e. The lowest BCUT2D eigenvalue weighted by Gasteiger charge is -2.30. The smallest absolute Gasteiger partial charge is 0.233 e. The highest BCUT2D eigenvalue weighted by atomic mass is 16.5. The standard InChI is InChI=1S/C22H27N3O3/c1-3-17-8-6-7-16(2)22(17)24-21(27)15-20(26)23-18-9-4-5-10-19(18)25-11-13-28-14-12-25/h4-10H,3,11-15H2,1-2H3,(H,23,26)(H,24,27). The van der Waals surface area contributed by atoms with E-state index >= 15 is 0 Å². The van der Waals surface area contributed by atoms with Crippen molar-refractivity contribution in [2.45, 2.75) is 26.7 Å². The Balaban J connectivity index is 1.64. The highest BCUT2D eigenvalue weighted by Gasteiger charge is 2.17. The third-order valence-electron chi connectivity index (χ3n) is 4.86. The molecule has 0 aliphatic carbocycles. The van der Waals surface area contributed by atoms with Crippen LogP contribution in [0.4, 0.5) is 17.1 Å². The Bertz CT molecular complexity index is 845. The molecule has 2 N–H and O–H groups in total. The van der Waals surface area contributed by atoms with Crippen LogP contribution in [0.15, 0.2) is 42.5 Å². The highest BCUT2D eigenvalue weighted by Crippen LogP contribution is 2.26. The average Bonchev–Trinajstić information content (AvgIpc) is 2.70. The zero-order chi connectivity index (χ0) is 19.9. The number of amides is 2. The molecule has 0 saturated carbocycles. The molecule has 2 amide bonds. The van der Waals surface area contributed by atoms with Crippen molar-refractivity contribution < 1.29 is 14.3 Å². The van der Waals surface area contributed by atoms with Gasteiger partial charge in [0.05, 0.1) is 24.6 Å². The zero-order valence-electron chi connectivity index (χ0n) is 16.5. The summed E-state index contributed by atoms with van der Waals surface area (Å²) in [6.45, 7) is 6.88. The number of hydrogen-bond acceptors (Lipinski definition) is 4. The number of para-hydroxylation sites is 3. The van der Waals surface area contributed by atoms with E-state index in [-0.39, 0.29) is 18.2 Å². The molecule has 3 rings (SSSR count).